The summed E-state index contributed by atoms with van der Waals surface area (Å²) >= 11 is 0. The molecule has 0 aromatic heterocycles. The molecule has 178 valence electrons. The molecular weight excluding hydrogens is 396 g/mol. The molecule has 5 aliphatic heterocycles. The molecule has 5 rings (SSSR count). The topological polar surface area (TPSA) is 63.1 Å². The molecule has 0 amide bonds. The van der Waals surface area contributed by atoms with Crippen LogP contribution in [0.5, 0.6) is 0 Å². The number of rotatable bonds is 16. The van der Waals surface area contributed by atoms with Crippen LogP contribution in [0.25, 0.3) is 0 Å². The summed E-state index contributed by atoms with van der Waals surface area (Å²) in [5, 5.41) is 0. The lowest BCUT2D eigenvalue weighted by Crippen LogP contribution is -2.37. The van der Waals surface area contributed by atoms with Gasteiger partial charge >= 0.3 is 0 Å². The number of nitrogens with zero attached hydrogens (tertiary/aromatic N) is 4. The van der Waals surface area contributed by atoms with Crippen molar-refractivity contribution in [3.63, 3.8) is 0 Å². The Morgan fingerprint density at radius 1 is 0.548 bits per heavy atom. The molecule has 8 heteroatoms. The fraction of sp³-hybridized carbons (Fsp3) is 1.00. The maximum atomic E-state index is 5.44. The van der Waals surface area contributed by atoms with E-state index < -0.39 is 0 Å². The molecule has 5 heterocycles. The molecule has 0 saturated carbocycles. The van der Waals surface area contributed by atoms with Crippen molar-refractivity contribution < 1.29 is 18.9 Å². The van der Waals surface area contributed by atoms with Crippen molar-refractivity contribution in [2.45, 2.75) is 43.7 Å². The van der Waals surface area contributed by atoms with Crippen molar-refractivity contribution in [2.75, 3.05) is 105 Å². The van der Waals surface area contributed by atoms with Gasteiger partial charge in [0.05, 0.1) is 50.8 Å². The normalized spacial score (nSPS) is 33.1. The Bertz CT molecular complexity index is 466. The van der Waals surface area contributed by atoms with Gasteiger partial charge in [0.1, 0.15) is 0 Å². The van der Waals surface area contributed by atoms with Crippen LogP contribution in [0.3, 0.4) is 0 Å². The third kappa shape index (κ3) is 8.85. The summed E-state index contributed by atoms with van der Waals surface area (Å²) in [4.78, 5) is 10.5. The van der Waals surface area contributed by atoms with Gasteiger partial charge in [0.15, 0.2) is 0 Å². The predicted molar refractivity (Wildman–Crippen MR) is 119 cm³/mol. The number of hydrogen-bond donors (Lipinski definition) is 0. The molecule has 4 unspecified atom stereocenters. The highest BCUT2D eigenvalue weighted by Gasteiger charge is 2.31. The van der Waals surface area contributed by atoms with E-state index >= 15 is 0 Å². The van der Waals surface area contributed by atoms with Crippen LogP contribution in [-0.4, -0.2) is 149 Å². The fourth-order valence-corrected chi connectivity index (χ4v) is 4.87. The van der Waals surface area contributed by atoms with Gasteiger partial charge in [0.25, 0.3) is 0 Å². The minimum absolute atomic E-state index is 0.482. The lowest BCUT2D eigenvalue weighted by atomic mass is 10.3. The standard InChI is InChI=1S/C23H42N4O4/c1-4-24(6-2-8-26(12-20-16-28-20)13-21-17-29-21)10-11-25(5-1)7-3-9-27(14-22-18-30-22)15-23-19-31-23/h20-23H,1-19H2. The number of ether oxygens (including phenoxy) is 4. The van der Waals surface area contributed by atoms with Crippen LogP contribution < -0.4 is 0 Å². The van der Waals surface area contributed by atoms with E-state index in [4.69, 9.17) is 18.9 Å². The highest BCUT2D eigenvalue weighted by molar-refractivity contribution is 4.82. The summed E-state index contributed by atoms with van der Waals surface area (Å²) in [7, 11) is 0. The Morgan fingerprint density at radius 2 is 0.903 bits per heavy atom. The average molecular weight is 439 g/mol. The summed E-state index contributed by atoms with van der Waals surface area (Å²) in [6, 6.07) is 0. The second-order valence-electron chi connectivity index (χ2n) is 10.1. The number of epoxide rings is 4. The molecule has 0 aromatic rings. The maximum Gasteiger partial charge on any atom is 0.0936 e. The van der Waals surface area contributed by atoms with Gasteiger partial charge < -0.3 is 28.7 Å². The first-order valence-corrected chi connectivity index (χ1v) is 12.7. The Balaban J connectivity index is 0.946. The Labute approximate surface area is 187 Å². The smallest absolute Gasteiger partial charge is 0.0936 e. The molecule has 5 fully saturated rings. The summed E-state index contributed by atoms with van der Waals surface area (Å²) in [6.07, 6.45) is 5.72. The molecule has 0 aromatic carbocycles. The monoisotopic (exact) mass is 438 g/mol. The summed E-state index contributed by atoms with van der Waals surface area (Å²) in [6.45, 7) is 17.9. The molecule has 5 aliphatic rings. The largest absolute Gasteiger partial charge is 0.372 e. The molecule has 0 bridgehead atoms. The van der Waals surface area contributed by atoms with Crippen LogP contribution in [0.4, 0.5) is 0 Å². The van der Waals surface area contributed by atoms with Gasteiger partial charge in [-0.3, -0.25) is 9.80 Å². The minimum atomic E-state index is 0.482. The summed E-state index contributed by atoms with van der Waals surface area (Å²) < 4.78 is 21.8. The molecule has 0 aliphatic carbocycles. The quantitative estimate of drug-likeness (QED) is 0.312. The van der Waals surface area contributed by atoms with Crippen molar-refractivity contribution in [3.8, 4) is 0 Å². The van der Waals surface area contributed by atoms with E-state index in [1.807, 2.05) is 0 Å². The van der Waals surface area contributed by atoms with Crippen LogP contribution >= 0.6 is 0 Å². The second kappa shape index (κ2) is 11.2. The van der Waals surface area contributed by atoms with E-state index in [1.54, 1.807) is 0 Å². The first kappa shape index (κ1) is 22.5. The lowest BCUT2D eigenvalue weighted by molar-refractivity contribution is 0.192. The summed E-state index contributed by atoms with van der Waals surface area (Å²) in [5.41, 5.74) is 0. The van der Waals surface area contributed by atoms with Gasteiger partial charge in [0.2, 0.25) is 0 Å². The van der Waals surface area contributed by atoms with Gasteiger partial charge in [-0.2, -0.15) is 0 Å². The maximum absolute atomic E-state index is 5.44. The third-order valence-electron chi connectivity index (χ3n) is 7.04. The van der Waals surface area contributed by atoms with Crippen LogP contribution in [0.1, 0.15) is 19.3 Å². The molecule has 0 spiro atoms. The minimum Gasteiger partial charge on any atom is -0.372 e. The molecule has 0 radical (unpaired) electrons. The van der Waals surface area contributed by atoms with Crippen LogP contribution in [0.2, 0.25) is 0 Å². The highest BCUT2D eigenvalue weighted by atomic mass is 16.6. The van der Waals surface area contributed by atoms with Crippen molar-refractivity contribution >= 4 is 0 Å². The molecule has 8 nitrogen and oxygen atoms in total. The van der Waals surface area contributed by atoms with E-state index in [-0.39, 0.29) is 0 Å². The molecule has 0 N–H and O–H groups in total. The first-order chi connectivity index (χ1) is 15.3. The van der Waals surface area contributed by atoms with Crippen LogP contribution in [-0.2, 0) is 18.9 Å². The van der Waals surface area contributed by atoms with Gasteiger partial charge in [0, 0.05) is 39.3 Å². The zero-order chi connectivity index (χ0) is 20.9. The highest BCUT2D eigenvalue weighted by Crippen LogP contribution is 2.17. The predicted octanol–water partition coefficient (Wildman–Crippen LogP) is -0.0265. The molecule has 31 heavy (non-hydrogen) atoms. The molecule has 4 atom stereocenters. The number of hydrogen-bond acceptors (Lipinski definition) is 8. The first-order valence-electron chi connectivity index (χ1n) is 12.7. The third-order valence-corrected chi connectivity index (χ3v) is 7.04. The van der Waals surface area contributed by atoms with E-state index in [1.165, 1.54) is 71.6 Å². The Kier molecular flexibility index (Phi) is 8.12. The Morgan fingerprint density at radius 3 is 1.23 bits per heavy atom. The van der Waals surface area contributed by atoms with E-state index in [9.17, 15) is 0 Å². The van der Waals surface area contributed by atoms with Gasteiger partial charge in [-0.15, -0.1) is 0 Å². The van der Waals surface area contributed by atoms with Crippen molar-refractivity contribution in [1.82, 2.24) is 19.6 Å². The SMILES string of the molecule is C1CN(CCCN(CC2CO2)CC2CO2)CCN(CCCN(CC2CO2)CC2CO2)C1. The molecule has 5 saturated heterocycles. The van der Waals surface area contributed by atoms with Crippen molar-refractivity contribution in [1.29, 1.82) is 0 Å². The van der Waals surface area contributed by atoms with Crippen LogP contribution in [0.15, 0.2) is 0 Å². The average Bonchev–Trinajstić information content (AvgIpc) is 3.58. The van der Waals surface area contributed by atoms with E-state index in [0.717, 1.165) is 52.6 Å². The Hall–Kier alpha value is -0.320. The molecular formula is C23H42N4O4. The van der Waals surface area contributed by atoms with Crippen molar-refractivity contribution in [2.24, 2.45) is 0 Å². The zero-order valence-corrected chi connectivity index (χ0v) is 19.2. The van der Waals surface area contributed by atoms with Gasteiger partial charge in [-0.1, -0.05) is 0 Å². The van der Waals surface area contributed by atoms with Gasteiger partial charge in [-0.05, 0) is 58.5 Å². The lowest BCUT2D eigenvalue weighted by Gasteiger charge is -2.25. The summed E-state index contributed by atoms with van der Waals surface area (Å²) in [5.74, 6) is 0. The van der Waals surface area contributed by atoms with Crippen LogP contribution in [0, 0.1) is 0 Å². The van der Waals surface area contributed by atoms with E-state index in [2.05, 4.69) is 19.6 Å². The zero-order valence-electron chi connectivity index (χ0n) is 19.2. The van der Waals surface area contributed by atoms with Gasteiger partial charge in [-0.25, -0.2) is 0 Å². The fourth-order valence-electron chi connectivity index (χ4n) is 4.87. The van der Waals surface area contributed by atoms with Crippen molar-refractivity contribution in [3.05, 3.63) is 0 Å². The second-order valence-corrected chi connectivity index (χ2v) is 10.1. The van der Waals surface area contributed by atoms with E-state index in [0.29, 0.717) is 24.4 Å².